The quantitative estimate of drug-likeness (QED) is 0.602. The van der Waals surface area contributed by atoms with Crippen LogP contribution in [0.5, 0.6) is 0 Å². The van der Waals surface area contributed by atoms with Gasteiger partial charge < -0.3 is 4.74 Å². The fourth-order valence-electron chi connectivity index (χ4n) is 0.290. The topological polar surface area (TPSA) is 60.4 Å². The highest BCUT2D eigenvalue weighted by Crippen LogP contribution is 2.24. The molecule has 0 aliphatic carbocycles. The minimum Gasteiger partial charge on any atom is -0.454 e. The van der Waals surface area contributed by atoms with Crippen molar-refractivity contribution in [2.24, 2.45) is 0 Å². The van der Waals surface area contributed by atoms with Crippen molar-refractivity contribution in [1.82, 2.24) is 0 Å². The van der Waals surface area contributed by atoms with Crippen molar-refractivity contribution in [2.45, 2.75) is 12.4 Å². The zero-order chi connectivity index (χ0) is 9.99. The second-order valence-electron chi connectivity index (χ2n) is 1.63. The molecule has 0 atom stereocenters. The van der Waals surface area contributed by atoms with Gasteiger partial charge in [-0.15, -0.1) is 0 Å². The molecule has 0 bridgehead atoms. The second kappa shape index (κ2) is 3.30. The summed E-state index contributed by atoms with van der Waals surface area (Å²) in [5.41, 5.74) is -5.58. The van der Waals surface area contributed by atoms with Gasteiger partial charge in [-0.25, -0.2) is 13.2 Å². The normalized spacial score (nSPS) is 12.7. The lowest BCUT2D eigenvalue weighted by atomic mass is 10.9. The van der Waals surface area contributed by atoms with Crippen LogP contribution in [0, 0.1) is 0 Å². The van der Waals surface area contributed by atoms with E-state index in [0.717, 1.165) is 0 Å². The monoisotopic (exact) mass is 206 g/mol. The molecule has 0 radical (unpaired) electrons. The lowest BCUT2D eigenvalue weighted by Crippen LogP contribution is -2.31. The van der Waals surface area contributed by atoms with Crippen LogP contribution in [0.1, 0.15) is 6.92 Å². The molecular formula is C4H5F3O4S. The Morgan fingerprint density at radius 3 is 2.08 bits per heavy atom. The zero-order valence-electron chi connectivity index (χ0n) is 5.88. The van der Waals surface area contributed by atoms with Crippen LogP contribution in [0.2, 0.25) is 0 Å². The SMILES string of the molecule is CCOC(=O)S(=O)(=O)C(F)(F)F. The van der Waals surface area contributed by atoms with Crippen LogP contribution in [0.25, 0.3) is 0 Å². The summed E-state index contributed by atoms with van der Waals surface area (Å²) in [6.45, 7) is 0.776. The number of hydrogen-bond acceptors (Lipinski definition) is 4. The van der Waals surface area contributed by atoms with E-state index in [1.54, 1.807) is 0 Å². The van der Waals surface area contributed by atoms with Crippen LogP contribution in [-0.4, -0.2) is 25.8 Å². The lowest BCUT2D eigenvalue weighted by Gasteiger charge is -2.05. The van der Waals surface area contributed by atoms with Gasteiger partial charge in [0.2, 0.25) is 0 Å². The average molecular weight is 206 g/mol. The average Bonchev–Trinajstić information content (AvgIpc) is 1.85. The molecule has 0 saturated heterocycles. The van der Waals surface area contributed by atoms with Crippen molar-refractivity contribution in [2.75, 3.05) is 6.61 Å². The molecule has 0 N–H and O–H groups in total. The fourth-order valence-corrected chi connectivity index (χ4v) is 0.752. The number of hydrogen-bond donors (Lipinski definition) is 0. The summed E-state index contributed by atoms with van der Waals surface area (Å²) in [6, 6.07) is 0. The Morgan fingerprint density at radius 1 is 1.42 bits per heavy atom. The molecule has 0 aromatic carbocycles. The third-order valence-electron chi connectivity index (χ3n) is 0.786. The van der Waals surface area contributed by atoms with E-state index in [4.69, 9.17) is 0 Å². The molecule has 0 fully saturated rings. The molecule has 4 nitrogen and oxygen atoms in total. The molecular weight excluding hydrogens is 201 g/mol. The van der Waals surface area contributed by atoms with Gasteiger partial charge in [0, 0.05) is 0 Å². The molecule has 0 rings (SSSR count). The van der Waals surface area contributed by atoms with Gasteiger partial charge in [-0.2, -0.15) is 13.2 Å². The van der Waals surface area contributed by atoms with Crippen LogP contribution in [-0.2, 0) is 14.6 Å². The first-order valence-corrected chi connectivity index (χ1v) is 4.20. The third-order valence-corrected chi connectivity index (χ3v) is 1.95. The molecule has 0 unspecified atom stereocenters. The lowest BCUT2D eigenvalue weighted by molar-refractivity contribution is -0.0431. The summed E-state index contributed by atoms with van der Waals surface area (Å²) in [5.74, 6) is 0. The highest BCUT2D eigenvalue weighted by molar-refractivity contribution is 8.06. The number of sulfone groups is 1. The first-order chi connectivity index (χ1) is 5.23. The van der Waals surface area contributed by atoms with Crippen LogP contribution >= 0.6 is 0 Å². The van der Waals surface area contributed by atoms with Crippen LogP contribution in [0.15, 0.2) is 0 Å². The maximum atomic E-state index is 11.5. The van der Waals surface area contributed by atoms with Gasteiger partial charge in [-0.05, 0) is 6.92 Å². The van der Waals surface area contributed by atoms with E-state index in [0.29, 0.717) is 0 Å². The van der Waals surface area contributed by atoms with Crippen molar-refractivity contribution < 1.29 is 31.1 Å². The van der Waals surface area contributed by atoms with E-state index in [1.807, 2.05) is 0 Å². The van der Waals surface area contributed by atoms with Crippen LogP contribution in [0.3, 0.4) is 0 Å². The minimum atomic E-state index is -5.80. The van der Waals surface area contributed by atoms with Gasteiger partial charge in [0.05, 0.1) is 6.61 Å². The standard InChI is InChI=1S/C4H5F3O4S/c1-2-11-3(8)12(9,10)4(5,6)7/h2H2,1H3. The predicted octanol–water partition coefficient (Wildman–Crippen LogP) is 1.08. The highest BCUT2D eigenvalue weighted by atomic mass is 32.2. The third kappa shape index (κ3) is 2.10. The van der Waals surface area contributed by atoms with E-state index in [-0.39, 0.29) is 0 Å². The Kier molecular flexibility index (Phi) is 3.08. The van der Waals surface area contributed by atoms with E-state index in [1.165, 1.54) is 6.92 Å². The van der Waals surface area contributed by atoms with Crippen LogP contribution in [0.4, 0.5) is 18.0 Å². The summed E-state index contributed by atoms with van der Waals surface area (Å²) in [7, 11) is -5.80. The maximum Gasteiger partial charge on any atom is 0.508 e. The van der Waals surface area contributed by atoms with Crippen LogP contribution < -0.4 is 0 Å². The molecule has 8 heteroatoms. The molecule has 0 aliphatic rings. The molecule has 0 saturated carbocycles. The van der Waals surface area contributed by atoms with E-state index in [2.05, 4.69) is 4.74 Å². The maximum absolute atomic E-state index is 11.5. The number of ether oxygens (including phenoxy) is 1. The molecule has 72 valence electrons. The summed E-state index contributed by atoms with van der Waals surface area (Å²) < 4.78 is 58.5. The zero-order valence-corrected chi connectivity index (χ0v) is 6.70. The van der Waals surface area contributed by atoms with E-state index in [9.17, 15) is 26.4 Å². The van der Waals surface area contributed by atoms with Gasteiger partial charge in [-0.1, -0.05) is 0 Å². The Morgan fingerprint density at radius 2 is 1.83 bits per heavy atom. The number of alkyl halides is 3. The Labute approximate surface area is 66.2 Å². The van der Waals surface area contributed by atoms with E-state index < -0.39 is 27.3 Å². The number of rotatable bonds is 1. The summed E-state index contributed by atoms with van der Waals surface area (Å²) in [4.78, 5) is 10.2. The Bertz CT molecular complexity index is 265. The molecule has 0 spiro atoms. The summed E-state index contributed by atoms with van der Waals surface area (Å²) in [5, 5.41) is -2.27. The van der Waals surface area contributed by atoms with E-state index >= 15 is 0 Å². The van der Waals surface area contributed by atoms with Crippen molar-refractivity contribution in [3.8, 4) is 0 Å². The summed E-state index contributed by atoms with van der Waals surface area (Å²) in [6.07, 6.45) is 0. The van der Waals surface area contributed by atoms with Crippen molar-refractivity contribution in [1.29, 1.82) is 0 Å². The first kappa shape index (κ1) is 11.2. The smallest absolute Gasteiger partial charge is 0.454 e. The van der Waals surface area contributed by atoms with Crippen molar-refractivity contribution >= 4 is 15.1 Å². The molecule has 0 aliphatic heterocycles. The van der Waals surface area contributed by atoms with Crippen molar-refractivity contribution in [3.05, 3.63) is 0 Å². The predicted molar refractivity (Wildman–Crippen MR) is 32.0 cm³/mol. The van der Waals surface area contributed by atoms with Gasteiger partial charge in [0.1, 0.15) is 0 Å². The Balaban J connectivity index is 4.77. The first-order valence-electron chi connectivity index (χ1n) is 2.71. The van der Waals surface area contributed by atoms with Gasteiger partial charge in [-0.3, -0.25) is 0 Å². The fraction of sp³-hybridized carbons (Fsp3) is 0.750. The molecule has 12 heavy (non-hydrogen) atoms. The molecule has 0 heterocycles. The number of carbonyl (C=O) groups excluding carboxylic acids is 1. The number of carbonyl (C=O) groups is 1. The van der Waals surface area contributed by atoms with Gasteiger partial charge >= 0.3 is 20.6 Å². The van der Waals surface area contributed by atoms with Gasteiger partial charge in [0.15, 0.2) is 0 Å². The van der Waals surface area contributed by atoms with Gasteiger partial charge in [0.25, 0.3) is 0 Å². The molecule has 0 aromatic rings. The largest absolute Gasteiger partial charge is 0.508 e. The molecule has 0 aromatic heterocycles. The second-order valence-corrected chi connectivity index (χ2v) is 3.44. The Hall–Kier alpha value is -0.790. The molecule has 0 amide bonds. The number of halogens is 3. The summed E-state index contributed by atoms with van der Waals surface area (Å²) >= 11 is 0. The minimum absolute atomic E-state index is 0.422. The highest BCUT2D eigenvalue weighted by Gasteiger charge is 2.52. The van der Waals surface area contributed by atoms with Crippen molar-refractivity contribution in [3.63, 3.8) is 0 Å².